The molecule has 3 heterocycles. The van der Waals surface area contributed by atoms with E-state index in [9.17, 15) is 13.2 Å². The van der Waals surface area contributed by atoms with Gasteiger partial charge in [-0.2, -0.15) is 18.2 Å². The third kappa shape index (κ3) is 5.03. The summed E-state index contributed by atoms with van der Waals surface area (Å²) in [6.07, 6.45) is -0.773. The third-order valence-corrected chi connectivity index (χ3v) is 3.70. The minimum atomic E-state index is -4.69. The SMILES string of the molecule is CN(C)CCCOc1ccc(-c2cc(-c3noc(C(F)(F)F)n3)ccn2)nc1. The standard InChI is InChI=1S/C18H18F3N5O2/c1-26(2)8-3-9-27-13-4-5-14(23-11-13)15-10-12(6-7-22-15)16-24-17(28-25-16)18(19,20)21/h4-7,10-11H,3,8-9H2,1-2H3. The van der Waals surface area contributed by atoms with Gasteiger partial charge in [0.05, 0.1) is 24.2 Å². The number of ether oxygens (including phenoxy) is 1. The Bertz CT molecular complexity index is 910. The van der Waals surface area contributed by atoms with Crippen molar-refractivity contribution >= 4 is 0 Å². The van der Waals surface area contributed by atoms with E-state index in [0.717, 1.165) is 13.0 Å². The predicted octanol–water partition coefficient (Wildman–Crippen LogP) is 3.54. The van der Waals surface area contributed by atoms with Crippen molar-refractivity contribution < 1.29 is 22.4 Å². The highest BCUT2D eigenvalue weighted by atomic mass is 19.4. The number of hydrogen-bond donors (Lipinski definition) is 0. The number of hydrogen-bond acceptors (Lipinski definition) is 7. The summed E-state index contributed by atoms with van der Waals surface area (Å²) in [5.41, 5.74) is 1.35. The van der Waals surface area contributed by atoms with E-state index in [1.54, 1.807) is 24.4 Å². The van der Waals surface area contributed by atoms with Crippen molar-refractivity contribution in [2.45, 2.75) is 12.6 Å². The van der Waals surface area contributed by atoms with Crippen molar-refractivity contribution in [2.24, 2.45) is 0 Å². The second kappa shape index (κ2) is 8.34. The van der Waals surface area contributed by atoms with Crippen LogP contribution in [0, 0.1) is 0 Å². The van der Waals surface area contributed by atoms with Crippen molar-refractivity contribution in [2.75, 3.05) is 27.2 Å². The molecular weight excluding hydrogens is 375 g/mol. The quantitative estimate of drug-likeness (QED) is 0.568. The molecule has 0 radical (unpaired) electrons. The molecule has 0 amide bonds. The summed E-state index contributed by atoms with van der Waals surface area (Å²) in [4.78, 5) is 14.0. The fraction of sp³-hybridized carbons (Fsp3) is 0.333. The first-order valence-electron chi connectivity index (χ1n) is 8.44. The first-order valence-corrected chi connectivity index (χ1v) is 8.44. The van der Waals surface area contributed by atoms with Crippen molar-refractivity contribution in [1.82, 2.24) is 25.0 Å². The fourth-order valence-electron chi connectivity index (χ4n) is 2.35. The lowest BCUT2D eigenvalue weighted by atomic mass is 10.1. The minimum absolute atomic E-state index is 0.170. The summed E-state index contributed by atoms with van der Waals surface area (Å²) in [6.45, 7) is 1.50. The van der Waals surface area contributed by atoms with Crippen LogP contribution in [0.25, 0.3) is 22.8 Å². The molecule has 7 nitrogen and oxygen atoms in total. The molecule has 0 aliphatic heterocycles. The van der Waals surface area contributed by atoms with E-state index in [4.69, 9.17) is 4.74 Å². The van der Waals surface area contributed by atoms with Crippen LogP contribution >= 0.6 is 0 Å². The summed E-state index contributed by atoms with van der Waals surface area (Å²) in [7, 11) is 3.99. The molecule has 0 N–H and O–H groups in total. The molecule has 0 fully saturated rings. The van der Waals surface area contributed by atoms with Crippen LogP contribution in [0.1, 0.15) is 12.3 Å². The number of pyridine rings is 2. The highest BCUT2D eigenvalue weighted by Crippen LogP contribution is 2.30. The molecular formula is C18H18F3N5O2. The molecule has 0 spiro atoms. The van der Waals surface area contributed by atoms with Gasteiger partial charge >= 0.3 is 12.1 Å². The van der Waals surface area contributed by atoms with Crippen molar-refractivity contribution in [1.29, 1.82) is 0 Å². The average Bonchev–Trinajstić information content (AvgIpc) is 3.16. The topological polar surface area (TPSA) is 77.2 Å². The van der Waals surface area contributed by atoms with Crippen molar-refractivity contribution in [3.63, 3.8) is 0 Å². The van der Waals surface area contributed by atoms with Gasteiger partial charge in [0.25, 0.3) is 0 Å². The van der Waals surface area contributed by atoms with Gasteiger partial charge in [0, 0.05) is 18.3 Å². The average molecular weight is 393 g/mol. The van der Waals surface area contributed by atoms with Gasteiger partial charge in [-0.25, -0.2) is 0 Å². The summed E-state index contributed by atoms with van der Waals surface area (Å²) < 4.78 is 47.7. The fourth-order valence-corrected chi connectivity index (χ4v) is 2.35. The predicted molar refractivity (Wildman–Crippen MR) is 94.4 cm³/mol. The third-order valence-electron chi connectivity index (χ3n) is 3.70. The zero-order chi connectivity index (χ0) is 20.1. The molecule has 0 aromatic carbocycles. The molecule has 0 aliphatic rings. The van der Waals surface area contributed by atoms with Gasteiger partial charge in [-0.3, -0.25) is 9.97 Å². The number of alkyl halides is 3. The van der Waals surface area contributed by atoms with Gasteiger partial charge in [-0.05, 0) is 44.8 Å². The number of halogens is 3. The van der Waals surface area contributed by atoms with Crippen LogP contribution in [0.4, 0.5) is 13.2 Å². The van der Waals surface area contributed by atoms with Crippen LogP contribution in [0.2, 0.25) is 0 Å². The Morgan fingerprint density at radius 1 is 1.11 bits per heavy atom. The maximum atomic E-state index is 12.6. The highest BCUT2D eigenvalue weighted by molar-refractivity contribution is 5.64. The Balaban J connectivity index is 1.71. The lowest BCUT2D eigenvalue weighted by molar-refractivity contribution is -0.159. The molecule has 0 saturated heterocycles. The Hall–Kier alpha value is -3.01. The van der Waals surface area contributed by atoms with Crippen LogP contribution in [0.3, 0.4) is 0 Å². The van der Waals surface area contributed by atoms with Crippen LogP contribution in [0.5, 0.6) is 5.75 Å². The molecule has 10 heteroatoms. The van der Waals surface area contributed by atoms with E-state index in [1.165, 1.54) is 12.3 Å². The zero-order valence-electron chi connectivity index (χ0n) is 15.3. The van der Waals surface area contributed by atoms with Crippen LogP contribution in [-0.2, 0) is 6.18 Å². The van der Waals surface area contributed by atoms with E-state index >= 15 is 0 Å². The normalized spacial score (nSPS) is 11.8. The summed E-state index contributed by atoms with van der Waals surface area (Å²) in [5.74, 6) is -0.932. The van der Waals surface area contributed by atoms with Crippen LogP contribution in [-0.4, -0.2) is 52.3 Å². The van der Waals surface area contributed by atoms with E-state index in [1.807, 2.05) is 14.1 Å². The summed E-state index contributed by atoms with van der Waals surface area (Å²) >= 11 is 0. The Labute approximate surface area is 159 Å². The lowest BCUT2D eigenvalue weighted by Crippen LogP contribution is -2.15. The maximum Gasteiger partial charge on any atom is 0.471 e. The minimum Gasteiger partial charge on any atom is -0.492 e. The first-order chi connectivity index (χ1) is 13.3. The molecule has 3 aromatic rings. The Morgan fingerprint density at radius 3 is 2.57 bits per heavy atom. The smallest absolute Gasteiger partial charge is 0.471 e. The summed E-state index contributed by atoms with van der Waals surface area (Å²) in [5, 5.41) is 3.38. The first kappa shape index (κ1) is 19.7. The Morgan fingerprint density at radius 2 is 1.93 bits per heavy atom. The zero-order valence-corrected chi connectivity index (χ0v) is 15.3. The van der Waals surface area contributed by atoms with Gasteiger partial charge in [0.2, 0.25) is 5.82 Å². The van der Waals surface area contributed by atoms with Gasteiger partial charge in [0.15, 0.2) is 0 Å². The summed E-state index contributed by atoms with van der Waals surface area (Å²) in [6, 6.07) is 6.54. The number of aromatic nitrogens is 4. The van der Waals surface area contributed by atoms with E-state index in [2.05, 4.69) is 29.5 Å². The maximum absolute atomic E-state index is 12.6. The molecule has 0 aliphatic carbocycles. The van der Waals surface area contributed by atoms with Gasteiger partial charge in [0.1, 0.15) is 5.75 Å². The van der Waals surface area contributed by atoms with E-state index < -0.39 is 12.1 Å². The monoisotopic (exact) mass is 393 g/mol. The molecule has 0 unspecified atom stereocenters. The molecule has 3 rings (SSSR count). The van der Waals surface area contributed by atoms with E-state index in [-0.39, 0.29) is 5.82 Å². The number of rotatable bonds is 7. The van der Waals surface area contributed by atoms with Crippen LogP contribution in [0.15, 0.2) is 41.2 Å². The van der Waals surface area contributed by atoms with Gasteiger partial charge in [-0.15, -0.1) is 0 Å². The van der Waals surface area contributed by atoms with E-state index in [0.29, 0.717) is 29.3 Å². The molecule has 0 saturated carbocycles. The molecule has 0 atom stereocenters. The second-order valence-electron chi connectivity index (χ2n) is 6.24. The molecule has 3 aromatic heterocycles. The molecule has 0 bridgehead atoms. The van der Waals surface area contributed by atoms with Crippen molar-refractivity contribution in [3.05, 3.63) is 42.5 Å². The molecule has 148 valence electrons. The Kier molecular flexibility index (Phi) is 5.88. The van der Waals surface area contributed by atoms with Crippen molar-refractivity contribution in [3.8, 4) is 28.5 Å². The highest BCUT2D eigenvalue weighted by Gasteiger charge is 2.38. The van der Waals surface area contributed by atoms with Crippen LogP contribution < -0.4 is 4.74 Å². The molecule has 28 heavy (non-hydrogen) atoms. The second-order valence-corrected chi connectivity index (χ2v) is 6.24. The van der Waals surface area contributed by atoms with Gasteiger partial charge < -0.3 is 14.2 Å². The number of nitrogens with zero attached hydrogens (tertiary/aromatic N) is 5. The van der Waals surface area contributed by atoms with Gasteiger partial charge in [-0.1, -0.05) is 5.16 Å². The largest absolute Gasteiger partial charge is 0.492 e. The lowest BCUT2D eigenvalue weighted by Gasteiger charge is -2.10.